The van der Waals surface area contributed by atoms with Crippen LogP contribution < -0.4 is 16.4 Å². The van der Waals surface area contributed by atoms with Gasteiger partial charge in [0.15, 0.2) is 0 Å². The number of ether oxygens (including phenoxy) is 1. The number of carbonyl (C=O) groups excluding carboxylic acids is 3. The van der Waals surface area contributed by atoms with Crippen LogP contribution >= 0.6 is 11.8 Å². The van der Waals surface area contributed by atoms with E-state index in [4.69, 9.17) is 10.5 Å². The Balaban J connectivity index is 1.69. The van der Waals surface area contributed by atoms with Crippen LogP contribution in [0.15, 0.2) is 30.3 Å². The number of hydrogen-bond donors (Lipinski definition) is 3. The molecule has 2 aliphatic rings. The number of nitrogens with zero attached hydrogens (tertiary/aromatic N) is 1. The summed E-state index contributed by atoms with van der Waals surface area (Å²) in [5, 5.41) is 5.93. The number of carbonyl (C=O) groups is 3. The van der Waals surface area contributed by atoms with E-state index in [9.17, 15) is 14.4 Å². The number of alkyl carbamates (subject to hydrolysis) is 1. The Kier molecular flexibility index (Phi) is 10.7. The van der Waals surface area contributed by atoms with Gasteiger partial charge in [-0.1, -0.05) is 30.3 Å². The monoisotopic (exact) mass is 532 g/mol. The highest BCUT2D eigenvalue weighted by Crippen LogP contribution is 2.34. The zero-order valence-electron chi connectivity index (χ0n) is 22.7. The van der Waals surface area contributed by atoms with Gasteiger partial charge in [0.2, 0.25) is 11.8 Å². The third kappa shape index (κ3) is 8.64. The fourth-order valence-electron chi connectivity index (χ4n) is 5.05. The molecule has 1 aromatic rings. The van der Waals surface area contributed by atoms with Crippen molar-refractivity contribution < 1.29 is 19.1 Å². The number of benzene rings is 1. The molecule has 1 saturated heterocycles. The summed E-state index contributed by atoms with van der Waals surface area (Å²) in [6.45, 7) is 8.56. The van der Waals surface area contributed by atoms with E-state index in [1.165, 1.54) is 0 Å². The predicted octanol–water partition coefficient (Wildman–Crippen LogP) is 3.83. The highest BCUT2D eigenvalue weighted by Gasteiger charge is 2.44. The third-order valence-electron chi connectivity index (χ3n) is 7.30. The number of hydrogen-bond acceptors (Lipinski definition) is 6. The highest BCUT2D eigenvalue weighted by molar-refractivity contribution is 7.99. The Morgan fingerprint density at radius 3 is 2.43 bits per heavy atom. The van der Waals surface area contributed by atoms with Crippen LogP contribution in [0.5, 0.6) is 0 Å². The fourth-order valence-corrected chi connectivity index (χ4v) is 6.11. The van der Waals surface area contributed by atoms with E-state index in [0.717, 1.165) is 37.7 Å². The molecule has 1 heterocycles. The van der Waals surface area contributed by atoms with Crippen molar-refractivity contribution in [3.05, 3.63) is 35.9 Å². The minimum Gasteiger partial charge on any atom is -0.447 e. The first-order valence-electron chi connectivity index (χ1n) is 13.6. The summed E-state index contributed by atoms with van der Waals surface area (Å²) >= 11 is 1.60. The van der Waals surface area contributed by atoms with Crippen LogP contribution in [0, 0.1) is 5.92 Å². The van der Waals surface area contributed by atoms with Gasteiger partial charge in [0, 0.05) is 29.6 Å². The van der Waals surface area contributed by atoms with Crippen molar-refractivity contribution in [1.82, 2.24) is 15.5 Å². The number of nitrogens with two attached hydrogens (primary N) is 1. The summed E-state index contributed by atoms with van der Waals surface area (Å²) < 4.78 is 4.68. The van der Waals surface area contributed by atoms with Crippen LogP contribution in [-0.4, -0.2) is 64.9 Å². The maximum Gasteiger partial charge on any atom is 0.408 e. The van der Waals surface area contributed by atoms with E-state index in [-0.39, 0.29) is 24.0 Å². The number of thioether (sulfide) groups is 1. The van der Waals surface area contributed by atoms with Crippen molar-refractivity contribution in [2.75, 3.05) is 13.1 Å². The van der Waals surface area contributed by atoms with E-state index in [1.54, 1.807) is 30.5 Å². The molecule has 37 heavy (non-hydrogen) atoms. The van der Waals surface area contributed by atoms with Gasteiger partial charge in [-0.2, -0.15) is 0 Å². The molecule has 1 aliphatic heterocycles. The lowest BCUT2D eigenvalue weighted by atomic mass is 9.86. The van der Waals surface area contributed by atoms with Crippen LogP contribution in [-0.2, 0) is 20.1 Å². The smallest absolute Gasteiger partial charge is 0.408 e. The molecule has 8 nitrogen and oxygen atoms in total. The SMILES string of the molecule is CC(C)OC(=O)NC(C(=O)N1CCCC1C(=O)NCC1CCC(N)CC1)C(C)(C)SCc1ccccc1. The molecule has 1 saturated carbocycles. The first kappa shape index (κ1) is 29.3. The van der Waals surface area contributed by atoms with Gasteiger partial charge in [-0.3, -0.25) is 9.59 Å². The zero-order valence-corrected chi connectivity index (χ0v) is 23.5. The lowest BCUT2D eigenvalue weighted by Gasteiger charge is -2.37. The Bertz CT molecular complexity index is 903. The molecule has 1 aliphatic carbocycles. The van der Waals surface area contributed by atoms with Gasteiger partial charge in [0.1, 0.15) is 12.1 Å². The number of amides is 3. The van der Waals surface area contributed by atoms with Gasteiger partial charge in [0.05, 0.1) is 6.10 Å². The number of rotatable bonds is 10. The topological polar surface area (TPSA) is 114 Å². The Morgan fingerprint density at radius 1 is 1.11 bits per heavy atom. The largest absolute Gasteiger partial charge is 0.447 e. The second-order valence-electron chi connectivity index (χ2n) is 11.1. The molecule has 2 unspecified atom stereocenters. The van der Waals surface area contributed by atoms with E-state index in [1.807, 2.05) is 44.2 Å². The molecule has 0 radical (unpaired) electrons. The predicted molar refractivity (Wildman–Crippen MR) is 148 cm³/mol. The maximum absolute atomic E-state index is 13.9. The van der Waals surface area contributed by atoms with Crippen molar-refractivity contribution in [3.8, 4) is 0 Å². The van der Waals surface area contributed by atoms with E-state index >= 15 is 0 Å². The standard InChI is InChI=1S/C28H44N4O4S/c1-19(2)36-27(35)31-24(28(3,4)37-18-21-9-6-5-7-10-21)26(34)32-16-8-11-23(32)25(33)30-17-20-12-14-22(29)15-13-20/h5-7,9-10,19-20,22-24H,8,11-18,29H2,1-4H3,(H,30,33)(H,31,35). The molecule has 1 aromatic carbocycles. The summed E-state index contributed by atoms with van der Waals surface area (Å²) in [5.41, 5.74) is 7.15. The molecule has 2 fully saturated rings. The van der Waals surface area contributed by atoms with Crippen LogP contribution in [0.4, 0.5) is 4.79 Å². The quantitative estimate of drug-likeness (QED) is 0.422. The van der Waals surface area contributed by atoms with Crippen molar-refractivity contribution in [2.24, 2.45) is 11.7 Å². The molecule has 206 valence electrons. The number of nitrogens with one attached hydrogen (secondary N) is 2. The van der Waals surface area contributed by atoms with E-state index in [2.05, 4.69) is 10.6 Å². The lowest BCUT2D eigenvalue weighted by Crippen LogP contribution is -2.60. The summed E-state index contributed by atoms with van der Waals surface area (Å²) in [6, 6.07) is 8.92. The number of likely N-dealkylation sites (tertiary alicyclic amines) is 1. The minimum atomic E-state index is -0.847. The van der Waals surface area contributed by atoms with Gasteiger partial charge in [0.25, 0.3) is 0 Å². The van der Waals surface area contributed by atoms with Gasteiger partial charge in [-0.05, 0) is 77.7 Å². The molecule has 9 heteroatoms. The first-order valence-corrected chi connectivity index (χ1v) is 14.5. The average molecular weight is 533 g/mol. The van der Waals surface area contributed by atoms with Crippen LogP contribution in [0.25, 0.3) is 0 Å². The molecular weight excluding hydrogens is 488 g/mol. The van der Waals surface area contributed by atoms with Crippen LogP contribution in [0.3, 0.4) is 0 Å². The van der Waals surface area contributed by atoms with Crippen LogP contribution in [0.1, 0.15) is 71.8 Å². The maximum atomic E-state index is 13.9. The first-order chi connectivity index (χ1) is 17.6. The average Bonchev–Trinajstić information content (AvgIpc) is 3.35. The van der Waals surface area contributed by atoms with Crippen molar-refractivity contribution in [1.29, 1.82) is 0 Å². The minimum absolute atomic E-state index is 0.112. The van der Waals surface area contributed by atoms with E-state index in [0.29, 0.717) is 31.2 Å². The second-order valence-corrected chi connectivity index (χ2v) is 12.8. The normalized spacial score (nSPS) is 23.0. The molecule has 3 amide bonds. The van der Waals surface area contributed by atoms with Crippen molar-refractivity contribution in [2.45, 2.75) is 101 Å². The summed E-state index contributed by atoms with van der Waals surface area (Å²) in [7, 11) is 0. The fraction of sp³-hybridized carbons (Fsp3) is 0.679. The molecule has 0 spiro atoms. The van der Waals surface area contributed by atoms with Crippen molar-refractivity contribution in [3.63, 3.8) is 0 Å². The molecule has 4 N–H and O–H groups in total. The molecule has 0 bridgehead atoms. The van der Waals surface area contributed by atoms with Gasteiger partial charge >= 0.3 is 6.09 Å². The van der Waals surface area contributed by atoms with Crippen LogP contribution in [0.2, 0.25) is 0 Å². The van der Waals surface area contributed by atoms with Gasteiger partial charge < -0.3 is 26.0 Å². The van der Waals surface area contributed by atoms with Gasteiger partial charge in [-0.25, -0.2) is 4.79 Å². The second kappa shape index (κ2) is 13.5. The summed E-state index contributed by atoms with van der Waals surface area (Å²) in [6.07, 6.45) is 4.45. The Hall–Kier alpha value is -2.26. The molecule has 3 rings (SSSR count). The molecule has 2 atom stereocenters. The zero-order chi connectivity index (χ0) is 27.0. The summed E-state index contributed by atoms with van der Waals surface area (Å²) in [4.78, 5) is 41.4. The molecule has 0 aromatic heterocycles. The summed E-state index contributed by atoms with van der Waals surface area (Å²) in [5.74, 6) is 0.766. The van der Waals surface area contributed by atoms with Crippen molar-refractivity contribution >= 4 is 29.7 Å². The molecular formula is C28H44N4O4S. The lowest BCUT2D eigenvalue weighted by molar-refractivity contribution is -0.140. The third-order valence-corrected chi connectivity index (χ3v) is 8.75. The Labute approximate surface area is 225 Å². The Morgan fingerprint density at radius 2 is 1.78 bits per heavy atom. The van der Waals surface area contributed by atoms with Gasteiger partial charge in [-0.15, -0.1) is 11.8 Å². The highest BCUT2D eigenvalue weighted by atomic mass is 32.2. The van der Waals surface area contributed by atoms with E-state index < -0.39 is 22.9 Å².